The van der Waals surface area contributed by atoms with E-state index in [0.717, 1.165) is 17.3 Å². The number of thiocarbonyl (C=S) groups is 1. The van der Waals surface area contributed by atoms with Crippen molar-refractivity contribution in [3.63, 3.8) is 0 Å². The fourth-order valence-electron chi connectivity index (χ4n) is 3.04. The Morgan fingerprint density at radius 3 is 2.40 bits per heavy atom. The number of carboxylic acids is 1. The largest absolute Gasteiger partial charge is 0.493 e. The molecule has 3 rings (SSSR count). The Hall–Kier alpha value is -3.04. The smallest absolute Gasteiger partial charge is 0.335 e. The quantitative estimate of drug-likeness (QED) is 0.525. The van der Waals surface area contributed by atoms with E-state index in [0.29, 0.717) is 37.7 Å². The molecule has 9 heteroatoms. The third-order valence-electron chi connectivity index (χ3n) is 4.51. The molecule has 1 aliphatic heterocycles. The summed E-state index contributed by atoms with van der Waals surface area (Å²) < 4.78 is 16.5. The van der Waals surface area contributed by atoms with Gasteiger partial charge in [-0.1, -0.05) is 30.0 Å². The molecular formula is C21H19NO6S2. The maximum atomic E-state index is 13.1. The van der Waals surface area contributed by atoms with Crippen LogP contribution in [0.3, 0.4) is 0 Å². The molecule has 2 aromatic carbocycles. The van der Waals surface area contributed by atoms with Crippen molar-refractivity contribution in [1.29, 1.82) is 0 Å². The molecule has 0 saturated carbocycles. The second kappa shape index (κ2) is 8.76. The number of hydrogen-bond acceptors (Lipinski definition) is 7. The van der Waals surface area contributed by atoms with Crippen molar-refractivity contribution in [2.75, 3.05) is 26.2 Å². The van der Waals surface area contributed by atoms with E-state index in [-0.39, 0.29) is 11.5 Å². The number of rotatable bonds is 6. The fraction of sp³-hybridized carbons (Fsp3) is 0.190. The summed E-state index contributed by atoms with van der Waals surface area (Å²) in [5.74, 6) is -0.0830. The van der Waals surface area contributed by atoms with Crippen LogP contribution in [0.1, 0.15) is 21.5 Å². The van der Waals surface area contributed by atoms with Gasteiger partial charge in [-0.05, 0) is 42.8 Å². The summed E-state index contributed by atoms with van der Waals surface area (Å²) >= 11 is 6.55. The predicted molar refractivity (Wildman–Crippen MR) is 120 cm³/mol. The first-order valence-corrected chi connectivity index (χ1v) is 9.95. The lowest BCUT2D eigenvalue weighted by Crippen LogP contribution is -2.28. The van der Waals surface area contributed by atoms with Gasteiger partial charge < -0.3 is 19.3 Å². The maximum Gasteiger partial charge on any atom is 0.335 e. The average molecular weight is 446 g/mol. The number of ether oxygens (including phenoxy) is 3. The van der Waals surface area contributed by atoms with Crippen LogP contribution in [-0.2, 0) is 4.79 Å². The van der Waals surface area contributed by atoms with E-state index in [4.69, 9.17) is 26.4 Å². The van der Waals surface area contributed by atoms with Gasteiger partial charge in [0, 0.05) is 5.56 Å². The molecule has 1 heterocycles. The summed E-state index contributed by atoms with van der Waals surface area (Å²) in [5.41, 5.74) is 1.88. The van der Waals surface area contributed by atoms with Crippen LogP contribution in [0.25, 0.3) is 6.08 Å². The summed E-state index contributed by atoms with van der Waals surface area (Å²) in [4.78, 5) is 26.2. The Morgan fingerprint density at radius 2 is 1.80 bits per heavy atom. The number of carboxylic acid groups (broad SMARTS) is 1. The zero-order chi connectivity index (χ0) is 22.0. The number of thioether (sulfide) groups is 1. The van der Waals surface area contributed by atoms with Gasteiger partial charge in [0.15, 0.2) is 15.8 Å². The number of methoxy groups -OCH3 is 3. The average Bonchev–Trinajstić information content (AvgIpc) is 3.00. The van der Waals surface area contributed by atoms with E-state index in [1.54, 1.807) is 31.2 Å². The molecule has 1 amide bonds. The van der Waals surface area contributed by atoms with Gasteiger partial charge in [0.25, 0.3) is 5.91 Å². The molecule has 7 nitrogen and oxygen atoms in total. The zero-order valence-electron chi connectivity index (χ0n) is 16.7. The monoisotopic (exact) mass is 445 g/mol. The molecule has 1 fully saturated rings. The van der Waals surface area contributed by atoms with Crippen LogP contribution in [-0.4, -0.2) is 42.6 Å². The first kappa shape index (κ1) is 21.7. The Labute approximate surface area is 183 Å². The number of carbonyl (C=O) groups excluding carboxylic acids is 1. The summed E-state index contributed by atoms with van der Waals surface area (Å²) in [7, 11) is 4.53. The molecule has 0 bridgehead atoms. The third-order valence-corrected chi connectivity index (χ3v) is 5.81. The Bertz CT molecular complexity index is 1080. The number of aromatic carboxylic acids is 1. The Balaban J connectivity index is 2.05. The summed E-state index contributed by atoms with van der Waals surface area (Å²) in [6, 6.07) is 8.06. The Kier molecular flexibility index (Phi) is 6.33. The van der Waals surface area contributed by atoms with Crippen LogP contribution in [0, 0.1) is 6.92 Å². The van der Waals surface area contributed by atoms with Gasteiger partial charge in [-0.3, -0.25) is 9.69 Å². The minimum atomic E-state index is -1.08. The summed E-state index contributed by atoms with van der Waals surface area (Å²) in [6.07, 6.45) is 1.66. The van der Waals surface area contributed by atoms with Crippen LogP contribution in [0.4, 0.5) is 5.69 Å². The van der Waals surface area contributed by atoms with Gasteiger partial charge in [0.05, 0.1) is 37.5 Å². The van der Waals surface area contributed by atoms with Crippen molar-refractivity contribution >= 4 is 51.9 Å². The van der Waals surface area contributed by atoms with E-state index in [1.165, 1.54) is 38.4 Å². The van der Waals surface area contributed by atoms with Crippen LogP contribution < -0.4 is 19.1 Å². The SMILES string of the molecule is COc1ccc(/C=C2\SC(=S)N(c3cc(C(=O)O)ccc3C)C2=O)c(OC)c1OC. The number of aryl methyl sites for hydroxylation is 1. The van der Waals surface area contributed by atoms with Crippen LogP contribution in [0.2, 0.25) is 0 Å². The van der Waals surface area contributed by atoms with Crippen molar-refractivity contribution in [2.24, 2.45) is 0 Å². The number of anilines is 1. The second-order valence-electron chi connectivity index (χ2n) is 6.25. The van der Waals surface area contributed by atoms with Crippen LogP contribution in [0.5, 0.6) is 17.2 Å². The molecule has 1 aliphatic rings. The van der Waals surface area contributed by atoms with Crippen LogP contribution in [0.15, 0.2) is 35.2 Å². The first-order chi connectivity index (χ1) is 14.3. The number of hydrogen-bond donors (Lipinski definition) is 1. The zero-order valence-corrected chi connectivity index (χ0v) is 18.3. The molecular weight excluding hydrogens is 426 g/mol. The minimum Gasteiger partial charge on any atom is -0.493 e. The highest BCUT2D eigenvalue weighted by Gasteiger charge is 2.35. The van der Waals surface area contributed by atoms with E-state index in [1.807, 2.05) is 0 Å². The van der Waals surface area contributed by atoms with Gasteiger partial charge >= 0.3 is 5.97 Å². The predicted octanol–water partition coefficient (Wildman–Crippen LogP) is 4.12. The number of carbonyl (C=O) groups is 2. The molecule has 0 aromatic heterocycles. The molecule has 156 valence electrons. The molecule has 0 atom stereocenters. The fourth-order valence-corrected chi connectivity index (χ4v) is 4.31. The molecule has 0 radical (unpaired) electrons. The minimum absolute atomic E-state index is 0.0789. The van der Waals surface area contributed by atoms with Crippen molar-refractivity contribution in [1.82, 2.24) is 0 Å². The lowest BCUT2D eigenvalue weighted by molar-refractivity contribution is -0.113. The number of benzene rings is 2. The summed E-state index contributed by atoms with van der Waals surface area (Å²) in [5, 5.41) is 9.28. The lowest BCUT2D eigenvalue weighted by Gasteiger charge is -2.18. The summed E-state index contributed by atoms with van der Waals surface area (Å²) in [6.45, 7) is 1.79. The molecule has 30 heavy (non-hydrogen) atoms. The second-order valence-corrected chi connectivity index (χ2v) is 7.92. The normalized spacial score (nSPS) is 14.9. The third kappa shape index (κ3) is 3.86. The number of nitrogens with zero attached hydrogens (tertiary/aromatic N) is 1. The molecule has 0 spiro atoms. The first-order valence-electron chi connectivity index (χ1n) is 8.73. The highest BCUT2D eigenvalue weighted by Crippen LogP contribution is 2.43. The van der Waals surface area contributed by atoms with Gasteiger partial charge in [0.1, 0.15) is 0 Å². The molecule has 1 N–H and O–H groups in total. The maximum absolute atomic E-state index is 13.1. The van der Waals surface area contributed by atoms with E-state index in [2.05, 4.69) is 0 Å². The van der Waals surface area contributed by atoms with Crippen LogP contribution >= 0.6 is 24.0 Å². The lowest BCUT2D eigenvalue weighted by atomic mass is 10.1. The molecule has 0 aliphatic carbocycles. The van der Waals surface area contributed by atoms with Crippen molar-refractivity contribution in [3.05, 3.63) is 51.9 Å². The van der Waals surface area contributed by atoms with Gasteiger partial charge in [-0.25, -0.2) is 4.79 Å². The Morgan fingerprint density at radius 1 is 1.10 bits per heavy atom. The topological polar surface area (TPSA) is 85.3 Å². The molecule has 0 unspecified atom stereocenters. The standard InChI is InChI=1S/C21H19NO6S2/c1-11-5-6-13(20(24)25)9-14(11)22-19(23)16(30-21(22)29)10-12-7-8-15(26-2)18(28-4)17(12)27-3/h5-10H,1-4H3,(H,24,25)/b16-10-. The van der Waals surface area contributed by atoms with Gasteiger partial charge in [0.2, 0.25) is 5.75 Å². The highest BCUT2D eigenvalue weighted by atomic mass is 32.2. The van der Waals surface area contributed by atoms with Crippen molar-refractivity contribution in [3.8, 4) is 17.2 Å². The van der Waals surface area contributed by atoms with E-state index in [9.17, 15) is 14.7 Å². The van der Waals surface area contributed by atoms with Gasteiger partial charge in [-0.15, -0.1) is 0 Å². The van der Waals surface area contributed by atoms with E-state index < -0.39 is 5.97 Å². The van der Waals surface area contributed by atoms with Crippen molar-refractivity contribution < 1.29 is 28.9 Å². The van der Waals surface area contributed by atoms with Gasteiger partial charge in [-0.2, -0.15) is 0 Å². The highest BCUT2D eigenvalue weighted by molar-refractivity contribution is 8.27. The van der Waals surface area contributed by atoms with Crippen molar-refractivity contribution in [2.45, 2.75) is 6.92 Å². The molecule has 1 saturated heterocycles. The molecule has 2 aromatic rings. The number of amides is 1. The van der Waals surface area contributed by atoms with E-state index >= 15 is 0 Å².